The zero-order valence-electron chi connectivity index (χ0n) is 34.7. The molecule has 0 saturated carbocycles. The minimum absolute atomic E-state index is 0.154. The van der Waals surface area contributed by atoms with E-state index in [2.05, 4.69) is 0 Å². The van der Waals surface area contributed by atoms with Crippen molar-refractivity contribution >= 4 is 23.9 Å². The molecule has 2 aliphatic heterocycles. The Kier molecular flexibility index (Phi) is 12.5. The van der Waals surface area contributed by atoms with Crippen LogP contribution < -0.4 is 0 Å². The summed E-state index contributed by atoms with van der Waals surface area (Å²) in [6.07, 6.45) is -3.83. The molecule has 0 N–H and O–H groups in total. The van der Waals surface area contributed by atoms with E-state index in [9.17, 15) is 19.2 Å². The average molecular weight is 839 g/mol. The van der Waals surface area contributed by atoms with E-state index in [1.54, 1.807) is 72.8 Å². The van der Waals surface area contributed by atoms with E-state index in [-0.39, 0.29) is 26.1 Å². The zero-order chi connectivity index (χ0) is 43.3. The molecular weight excluding hydrogens is 793 g/mol. The lowest BCUT2D eigenvalue weighted by Crippen LogP contribution is -2.32. The van der Waals surface area contributed by atoms with Gasteiger partial charge < -0.3 is 37.3 Å². The van der Waals surface area contributed by atoms with Crippen LogP contribution in [0.5, 0.6) is 0 Å². The van der Waals surface area contributed by atoms with Crippen LogP contribution in [0.3, 0.4) is 0 Å². The van der Waals surface area contributed by atoms with Gasteiger partial charge in [0, 0.05) is 12.8 Å². The highest BCUT2D eigenvalue weighted by Gasteiger charge is 2.43. The number of carbonyl (C=O) groups excluding carboxylic acids is 4. The number of esters is 4. The van der Waals surface area contributed by atoms with E-state index in [1.807, 2.05) is 76.2 Å². The van der Waals surface area contributed by atoms with Crippen molar-refractivity contribution in [2.45, 2.75) is 77.2 Å². The van der Waals surface area contributed by atoms with Crippen molar-refractivity contribution in [2.24, 2.45) is 0 Å². The van der Waals surface area contributed by atoms with E-state index in [0.29, 0.717) is 45.3 Å². The van der Waals surface area contributed by atoms with Gasteiger partial charge in [-0.1, -0.05) is 70.8 Å². The number of benzene rings is 4. The van der Waals surface area contributed by atoms with Gasteiger partial charge in [-0.2, -0.15) is 0 Å². The zero-order valence-corrected chi connectivity index (χ0v) is 34.7. The van der Waals surface area contributed by atoms with Crippen LogP contribution in [0.1, 0.15) is 100 Å². The number of ether oxygens (including phenoxy) is 6. The molecular formula is C50H46O12. The summed E-state index contributed by atoms with van der Waals surface area (Å²) in [6, 6.07) is 35.2. The molecule has 318 valence electrons. The second-order valence-electron chi connectivity index (χ2n) is 15.8. The lowest BCUT2D eigenvalue weighted by molar-refractivity contribution is -0.0463. The van der Waals surface area contributed by atoms with Crippen molar-refractivity contribution in [3.05, 3.63) is 177 Å². The van der Waals surface area contributed by atoms with Crippen molar-refractivity contribution in [3.63, 3.8) is 0 Å². The maximum absolute atomic E-state index is 13.2. The Bertz CT molecular complexity index is 2340. The summed E-state index contributed by atoms with van der Waals surface area (Å²) in [5, 5.41) is 0. The molecule has 2 aromatic heterocycles. The normalized spacial score (nSPS) is 20.7. The molecule has 6 atom stereocenters. The summed E-state index contributed by atoms with van der Waals surface area (Å²) in [4.78, 5) is 52.3. The van der Waals surface area contributed by atoms with Crippen molar-refractivity contribution in [3.8, 4) is 11.5 Å². The fourth-order valence-electron chi connectivity index (χ4n) is 7.31. The maximum atomic E-state index is 13.2. The molecule has 2 fully saturated rings. The first-order valence-electron chi connectivity index (χ1n) is 20.5. The third-order valence-corrected chi connectivity index (χ3v) is 11.0. The number of hydrogen-bond donors (Lipinski definition) is 0. The van der Waals surface area contributed by atoms with Crippen molar-refractivity contribution < 1.29 is 56.4 Å². The van der Waals surface area contributed by atoms with Gasteiger partial charge in [-0.05, 0) is 100 Å². The van der Waals surface area contributed by atoms with Gasteiger partial charge in [-0.25, -0.2) is 19.2 Å². The van der Waals surface area contributed by atoms with E-state index < -0.39 is 60.5 Å². The Morgan fingerprint density at radius 1 is 0.435 bits per heavy atom. The molecule has 4 aromatic carbocycles. The van der Waals surface area contributed by atoms with Gasteiger partial charge in [-0.15, -0.1) is 0 Å². The van der Waals surface area contributed by atoms with Crippen LogP contribution in [0.4, 0.5) is 0 Å². The summed E-state index contributed by atoms with van der Waals surface area (Å²) in [6.45, 7) is 7.41. The smallest absolute Gasteiger partial charge is 0.338 e. The molecule has 62 heavy (non-hydrogen) atoms. The van der Waals surface area contributed by atoms with Crippen LogP contribution in [0.15, 0.2) is 130 Å². The summed E-state index contributed by atoms with van der Waals surface area (Å²) in [5.41, 5.74) is 5.59. The second kappa shape index (κ2) is 18.5. The third kappa shape index (κ3) is 9.88. The Hall–Kier alpha value is -6.76. The molecule has 12 nitrogen and oxygen atoms in total. The maximum Gasteiger partial charge on any atom is 0.338 e. The minimum Gasteiger partial charge on any atom is -0.459 e. The van der Waals surface area contributed by atoms with E-state index in [4.69, 9.17) is 37.3 Å². The Morgan fingerprint density at radius 3 is 1.06 bits per heavy atom. The van der Waals surface area contributed by atoms with Crippen LogP contribution in [-0.2, 0) is 28.4 Å². The molecule has 2 aliphatic rings. The van der Waals surface area contributed by atoms with E-state index in [0.717, 1.165) is 22.3 Å². The van der Waals surface area contributed by atoms with Crippen molar-refractivity contribution in [2.75, 3.05) is 13.2 Å². The van der Waals surface area contributed by atoms with Crippen LogP contribution in [0.2, 0.25) is 0 Å². The number of aryl methyl sites for hydroxylation is 4. The predicted molar refractivity (Wildman–Crippen MR) is 225 cm³/mol. The number of rotatable bonds is 13. The highest BCUT2D eigenvalue weighted by Crippen LogP contribution is 2.41. The summed E-state index contributed by atoms with van der Waals surface area (Å²) in [7, 11) is 0. The quantitative estimate of drug-likeness (QED) is 0.0805. The standard InChI is InChI=1S/C50H46O12/c1-29-5-13-33(14-6-29)47(51)55-27-45-43(61-49(53)35-17-9-31(3)10-18-35)25-41(59-45)39-23-21-37(57-39)38-22-24-40(58-38)42-26-44(62-50(54)36-19-11-32(4)12-20-36)46(60-42)28-56-48(52)34-15-7-30(2)8-16-34/h5-24,41-46H,25-28H2,1-4H3/t41-,42-,43+,44+,45-,46-/m1/s1. The first-order chi connectivity index (χ1) is 29.9. The van der Waals surface area contributed by atoms with Crippen LogP contribution in [0, 0.1) is 27.7 Å². The van der Waals surface area contributed by atoms with Crippen LogP contribution in [0.25, 0.3) is 11.5 Å². The molecule has 4 heterocycles. The monoisotopic (exact) mass is 838 g/mol. The van der Waals surface area contributed by atoms with Gasteiger partial charge in [0.1, 0.15) is 61.4 Å². The molecule has 0 aliphatic carbocycles. The van der Waals surface area contributed by atoms with Gasteiger partial charge in [0.15, 0.2) is 11.5 Å². The van der Waals surface area contributed by atoms with E-state index >= 15 is 0 Å². The SMILES string of the molecule is Cc1ccc(C(=O)OC[C@H]2O[C@@H](c3ccc(-c4ccc([C@H]5C[C@H](OC(=O)c6ccc(C)cc6)[C@@H](COC(=O)c6ccc(C)cc6)O5)o4)o3)C[C@@H]2OC(=O)c2ccc(C)cc2)cc1. The Labute approximate surface area is 358 Å². The summed E-state index contributed by atoms with van der Waals surface area (Å²) >= 11 is 0. The Morgan fingerprint density at radius 2 is 0.742 bits per heavy atom. The summed E-state index contributed by atoms with van der Waals surface area (Å²) in [5.74, 6) is -0.370. The number of furan rings is 2. The van der Waals surface area contributed by atoms with Crippen molar-refractivity contribution in [1.29, 1.82) is 0 Å². The number of carbonyl (C=O) groups is 4. The lowest BCUT2D eigenvalue weighted by atomic mass is 10.1. The van der Waals surface area contributed by atoms with Crippen molar-refractivity contribution in [1.82, 2.24) is 0 Å². The first-order valence-corrected chi connectivity index (χ1v) is 20.5. The second-order valence-corrected chi connectivity index (χ2v) is 15.8. The Balaban J connectivity index is 0.953. The van der Waals surface area contributed by atoms with E-state index in [1.165, 1.54) is 0 Å². The van der Waals surface area contributed by atoms with Gasteiger partial charge in [0.05, 0.1) is 22.3 Å². The van der Waals surface area contributed by atoms with Gasteiger partial charge in [-0.3, -0.25) is 0 Å². The average Bonchev–Trinajstić information content (AvgIpc) is 4.10. The molecule has 12 heteroatoms. The fourth-order valence-corrected chi connectivity index (χ4v) is 7.31. The molecule has 0 bridgehead atoms. The molecule has 8 rings (SSSR count). The lowest BCUT2D eigenvalue weighted by Gasteiger charge is -2.19. The molecule has 0 spiro atoms. The van der Waals surface area contributed by atoms with Crippen LogP contribution >= 0.6 is 0 Å². The molecule has 0 unspecified atom stereocenters. The largest absolute Gasteiger partial charge is 0.459 e. The number of hydrogen-bond acceptors (Lipinski definition) is 12. The molecule has 6 aromatic rings. The summed E-state index contributed by atoms with van der Waals surface area (Å²) < 4.78 is 48.4. The fraction of sp³-hybridized carbons (Fsp3) is 0.280. The van der Waals surface area contributed by atoms with Gasteiger partial charge in [0.25, 0.3) is 0 Å². The molecule has 0 radical (unpaired) electrons. The van der Waals surface area contributed by atoms with Crippen LogP contribution in [-0.4, -0.2) is 61.5 Å². The highest BCUT2D eigenvalue weighted by atomic mass is 16.6. The predicted octanol–water partition coefficient (Wildman–Crippen LogP) is 9.60. The molecule has 2 saturated heterocycles. The molecule has 0 amide bonds. The third-order valence-electron chi connectivity index (χ3n) is 11.0. The van der Waals surface area contributed by atoms with Gasteiger partial charge >= 0.3 is 23.9 Å². The van der Waals surface area contributed by atoms with Gasteiger partial charge in [0.2, 0.25) is 0 Å². The highest BCUT2D eigenvalue weighted by molar-refractivity contribution is 5.91. The topological polar surface area (TPSA) is 150 Å². The minimum atomic E-state index is -0.774. The first kappa shape index (κ1) is 42.0.